The van der Waals surface area contributed by atoms with E-state index in [1.807, 2.05) is 0 Å². The first kappa shape index (κ1) is 20.8. The molecule has 0 spiro atoms. The molecular weight excluding hydrogens is 254 g/mol. The molecular formula is C4H4KNaO7S. The third kappa shape index (κ3) is 8.77. The van der Waals surface area contributed by atoms with Gasteiger partial charge in [-0.15, -0.1) is 0 Å². The predicted molar refractivity (Wildman–Crippen MR) is 30.0 cm³/mol. The summed E-state index contributed by atoms with van der Waals surface area (Å²) in [7, 11) is -4.94. The number of hydrogen-bond acceptors (Lipinski definition) is 6. The summed E-state index contributed by atoms with van der Waals surface area (Å²) in [5.74, 6) is -4.08. The minimum Gasteiger partial charge on any atom is -0.550 e. The SMILES string of the molecule is O=C([O-])CC(C(=O)[O-])S(=O)(=O)O.[K+].[Na+]. The van der Waals surface area contributed by atoms with Crippen molar-refractivity contribution in [3.05, 3.63) is 0 Å². The largest absolute Gasteiger partial charge is 1.00 e. The van der Waals surface area contributed by atoms with Gasteiger partial charge in [-0.3, -0.25) is 4.55 Å². The molecule has 10 heteroatoms. The van der Waals surface area contributed by atoms with Gasteiger partial charge in [0.25, 0.3) is 10.1 Å². The molecule has 0 aromatic carbocycles. The van der Waals surface area contributed by atoms with Gasteiger partial charge in [0.2, 0.25) is 0 Å². The van der Waals surface area contributed by atoms with Gasteiger partial charge in [0.1, 0.15) is 5.25 Å². The molecule has 1 unspecified atom stereocenters. The van der Waals surface area contributed by atoms with Crippen LogP contribution in [0.3, 0.4) is 0 Å². The Kier molecular flexibility index (Phi) is 12.8. The minimum absolute atomic E-state index is 0. The number of rotatable bonds is 4. The molecule has 70 valence electrons. The van der Waals surface area contributed by atoms with Gasteiger partial charge in [0.15, 0.2) is 0 Å². The number of carboxylic acids is 2. The average Bonchev–Trinajstić information content (AvgIpc) is 1.79. The quantitative estimate of drug-likeness (QED) is 0.390. The molecule has 0 aromatic rings. The zero-order chi connectivity index (χ0) is 9.94. The van der Waals surface area contributed by atoms with E-state index in [0.29, 0.717) is 0 Å². The third-order valence-corrected chi connectivity index (χ3v) is 2.05. The summed E-state index contributed by atoms with van der Waals surface area (Å²) in [4.78, 5) is 19.7. The van der Waals surface area contributed by atoms with Crippen LogP contribution in [0.1, 0.15) is 6.42 Å². The molecule has 0 saturated heterocycles. The van der Waals surface area contributed by atoms with Crippen molar-refractivity contribution in [1.29, 1.82) is 0 Å². The van der Waals surface area contributed by atoms with E-state index in [4.69, 9.17) is 4.55 Å². The van der Waals surface area contributed by atoms with Gasteiger partial charge < -0.3 is 19.8 Å². The molecule has 0 radical (unpaired) electrons. The zero-order valence-corrected chi connectivity index (χ0v) is 13.5. The van der Waals surface area contributed by atoms with Crippen molar-refractivity contribution >= 4 is 22.1 Å². The molecule has 1 atom stereocenters. The summed E-state index contributed by atoms with van der Waals surface area (Å²) in [5, 5.41) is 17.3. The average molecular weight is 258 g/mol. The van der Waals surface area contributed by atoms with E-state index in [9.17, 15) is 28.2 Å². The van der Waals surface area contributed by atoms with Crippen molar-refractivity contribution in [2.75, 3.05) is 0 Å². The van der Waals surface area contributed by atoms with Gasteiger partial charge in [-0.25, -0.2) is 0 Å². The van der Waals surface area contributed by atoms with Crippen molar-refractivity contribution in [2.45, 2.75) is 11.7 Å². The molecule has 0 bridgehead atoms. The second kappa shape index (κ2) is 8.62. The molecule has 1 N–H and O–H groups in total. The maximum atomic E-state index is 10.2. The Balaban J connectivity index is -0.000000605. The number of aliphatic carboxylic acids is 2. The first-order valence-corrected chi connectivity index (χ1v) is 4.12. The minimum atomic E-state index is -4.94. The van der Waals surface area contributed by atoms with E-state index in [2.05, 4.69) is 0 Å². The fourth-order valence-corrected chi connectivity index (χ4v) is 1.05. The van der Waals surface area contributed by atoms with Gasteiger partial charge in [-0.05, 0) is 0 Å². The van der Waals surface area contributed by atoms with Gasteiger partial charge in [0, 0.05) is 12.4 Å². The molecule has 0 aliphatic rings. The predicted octanol–water partition coefficient (Wildman–Crippen LogP) is -9.86. The molecule has 0 aliphatic carbocycles. The topological polar surface area (TPSA) is 135 Å². The number of carboxylic acid groups (broad SMARTS) is 2. The van der Waals surface area contributed by atoms with Crippen LogP contribution in [0, 0.1) is 0 Å². The van der Waals surface area contributed by atoms with Gasteiger partial charge in [-0.1, -0.05) is 0 Å². The Morgan fingerprint density at radius 1 is 1.29 bits per heavy atom. The fourth-order valence-electron chi connectivity index (χ4n) is 0.462. The zero-order valence-electron chi connectivity index (χ0n) is 7.59. The maximum Gasteiger partial charge on any atom is 1.00 e. The Labute approximate surface area is 145 Å². The second-order valence-corrected chi connectivity index (χ2v) is 3.50. The molecule has 0 aliphatic heterocycles. The monoisotopic (exact) mass is 258 g/mol. The van der Waals surface area contributed by atoms with Gasteiger partial charge in [-0.2, -0.15) is 8.42 Å². The van der Waals surface area contributed by atoms with Crippen molar-refractivity contribution in [1.82, 2.24) is 0 Å². The molecule has 7 nitrogen and oxygen atoms in total. The van der Waals surface area contributed by atoms with E-state index in [-0.39, 0.29) is 80.9 Å². The second-order valence-electron chi connectivity index (χ2n) is 1.90. The molecule has 0 aromatic heterocycles. The number of hydrogen-bond donors (Lipinski definition) is 1. The summed E-state index contributed by atoms with van der Waals surface area (Å²) in [5.41, 5.74) is 0. The van der Waals surface area contributed by atoms with E-state index < -0.39 is 33.7 Å². The Morgan fingerprint density at radius 2 is 1.64 bits per heavy atom. The Bertz CT molecular complexity index is 299. The molecule has 0 heterocycles. The number of carbonyl (C=O) groups is 2. The summed E-state index contributed by atoms with van der Waals surface area (Å²) < 4.78 is 28.5. The smallest absolute Gasteiger partial charge is 0.550 e. The van der Waals surface area contributed by atoms with Gasteiger partial charge >= 0.3 is 80.9 Å². The van der Waals surface area contributed by atoms with Crippen molar-refractivity contribution in [2.24, 2.45) is 0 Å². The van der Waals surface area contributed by atoms with Crippen LogP contribution in [0.15, 0.2) is 0 Å². The molecule has 0 fully saturated rings. The van der Waals surface area contributed by atoms with Crippen LogP contribution in [0.2, 0.25) is 0 Å². The number of carbonyl (C=O) groups excluding carboxylic acids is 2. The molecule has 0 amide bonds. The van der Waals surface area contributed by atoms with Crippen molar-refractivity contribution in [3.8, 4) is 0 Å². The van der Waals surface area contributed by atoms with Crippen LogP contribution in [0.25, 0.3) is 0 Å². The first-order valence-electron chi connectivity index (χ1n) is 2.62. The third-order valence-electron chi connectivity index (χ3n) is 0.975. The van der Waals surface area contributed by atoms with Crippen LogP contribution in [-0.4, -0.2) is 30.2 Å². The molecule has 0 saturated carbocycles. The van der Waals surface area contributed by atoms with Crippen molar-refractivity contribution < 1.29 is 114 Å². The Hall–Kier alpha value is 1.49. The standard InChI is InChI=1S/C4H6O7S.K.Na/c5-3(6)1-2(4(7)8)12(9,10)11;;/h2H,1H2,(H,5,6)(H,7,8)(H,9,10,11);;/q;2*+1/p-2. The van der Waals surface area contributed by atoms with Crippen LogP contribution < -0.4 is 91.2 Å². The Morgan fingerprint density at radius 3 is 1.71 bits per heavy atom. The van der Waals surface area contributed by atoms with E-state index in [1.54, 1.807) is 0 Å². The fraction of sp³-hybridized carbons (Fsp3) is 0.500. The molecule has 14 heavy (non-hydrogen) atoms. The van der Waals surface area contributed by atoms with Crippen molar-refractivity contribution in [3.63, 3.8) is 0 Å². The van der Waals surface area contributed by atoms with E-state index >= 15 is 0 Å². The summed E-state index contributed by atoms with van der Waals surface area (Å²) in [6.07, 6.45) is -1.33. The van der Waals surface area contributed by atoms with Gasteiger partial charge in [0.05, 0.1) is 5.97 Å². The normalized spacial score (nSPS) is 11.8. The summed E-state index contributed by atoms with van der Waals surface area (Å²) in [6.45, 7) is 0. The van der Waals surface area contributed by atoms with Crippen LogP contribution >= 0.6 is 0 Å². The summed E-state index contributed by atoms with van der Waals surface area (Å²) >= 11 is 0. The van der Waals surface area contributed by atoms with E-state index in [0.717, 1.165) is 0 Å². The van der Waals surface area contributed by atoms with Crippen LogP contribution in [0.4, 0.5) is 0 Å². The van der Waals surface area contributed by atoms with E-state index in [1.165, 1.54) is 0 Å². The summed E-state index contributed by atoms with van der Waals surface area (Å²) in [6, 6.07) is 0. The molecule has 0 rings (SSSR count). The maximum absolute atomic E-state index is 10.2. The van der Waals surface area contributed by atoms with Crippen LogP contribution in [0.5, 0.6) is 0 Å². The first-order chi connectivity index (χ1) is 5.25. The van der Waals surface area contributed by atoms with Crippen LogP contribution in [-0.2, 0) is 19.7 Å².